The van der Waals surface area contributed by atoms with Crippen LogP contribution in [-0.2, 0) is 22.6 Å². The van der Waals surface area contributed by atoms with Crippen LogP contribution in [-0.4, -0.2) is 35.9 Å². The van der Waals surface area contributed by atoms with Crippen LogP contribution in [0.2, 0.25) is 10.0 Å². The lowest BCUT2D eigenvalue weighted by atomic mass is 10.0. The quantitative estimate of drug-likeness (QED) is 0.375. The lowest BCUT2D eigenvalue weighted by molar-refractivity contribution is -0.142. The number of hydrogen-bond acceptors (Lipinski definition) is 3. The molecule has 0 aliphatic rings. The fraction of sp³-hybridized carbons (Fsp3) is 0.286. The highest BCUT2D eigenvalue weighted by molar-refractivity contribution is 6.36. The smallest absolute Gasteiger partial charge is 0.261 e. The zero-order valence-electron chi connectivity index (χ0n) is 20.2. The normalized spacial score (nSPS) is 11.6. The molecule has 7 heteroatoms. The molecule has 3 aromatic carbocycles. The number of benzene rings is 3. The van der Waals surface area contributed by atoms with Crippen LogP contribution >= 0.6 is 23.2 Å². The minimum Gasteiger partial charge on any atom is -0.484 e. The molecule has 1 N–H and O–H groups in total. The maximum atomic E-state index is 13.6. The van der Waals surface area contributed by atoms with Crippen LogP contribution in [0.3, 0.4) is 0 Å². The van der Waals surface area contributed by atoms with Crippen LogP contribution < -0.4 is 10.1 Å². The van der Waals surface area contributed by atoms with Gasteiger partial charge in [0, 0.05) is 35.1 Å². The number of carbonyl (C=O) groups excluding carboxylic acids is 2. The lowest BCUT2D eigenvalue weighted by Gasteiger charge is -2.32. The zero-order chi connectivity index (χ0) is 25.4. The molecule has 5 nitrogen and oxygen atoms in total. The molecule has 1 atom stereocenters. The van der Waals surface area contributed by atoms with E-state index < -0.39 is 6.04 Å². The van der Waals surface area contributed by atoms with Crippen molar-refractivity contribution >= 4 is 35.0 Å². The summed E-state index contributed by atoms with van der Waals surface area (Å²) in [5, 5.41) is 3.72. The van der Waals surface area contributed by atoms with Gasteiger partial charge in [-0.05, 0) is 61.7 Å². The summed E-state index contributed by atoms with van der Waals surface area (Å²) in [4.78, 5) is 28.3. The van der Waals surface area contributed by atoms with Crippen molar-refractivity contribution in [2.45, 2.75) is 39.8 Å². The van der Waals surface area contributed by atoms with Crippen molar-refractivity contribution in [1.82, 2.24) is 10.2 Å². The largest absolute Gasteiger partial charge is 0.484 e. The first-order chi connectivity index (χ1) is 16.8. The molecule has 0 aliphatic carbocycles. The molecule has 3 rings (SSSR count). The van der Waals surface area contributed by atoms with E-state index in [-0.39, 0.29) is 25.0 Å². The molecule has 0 bridgehead atoms. The number of halogens is 2. The Morgan fingerprint density at radius 2 is 1.63 bits per heavy atom. The molecule has 0 saturated heterocycles. The van der Waals surface area contributed by atoms with E-state index in [2.05, 4.69) is 5.32 Å². The third kappa shape index (κ3) is 7.23. The van der Waals surface area contributed by atoms with E-state index in [0.717, 1.165) is 16.7 Å². The third-order valence-corrected chi connectivity index (χ3v) is 6.56. The minimum atomic E-state index is -0.777. The van der Waals surface area contributed by atoms with Gasteiger partial charge in [0.25, 0.3) is 5.91 Å². The third-order valence-electron chi connectivity index (χ3n) is 5.85. The molecule has 184 valence electrons. The van der Waals surface area contributed by atoms with E-state index in [0.29, 0.717) is 34.3 Å². The summed E-state index contributed by atoms with van der Waals surface area (Å²) in [5.41, 5.74) is 3.72. The van der Waals surface area contributed by atoms with Crippen molar-refractivity contribution < 1.29 is 14.3 Å². The average molecular weight is 513 g/mol. The highest BCUT2D eigenvalue weighted by Crippen LogP contribution is 2.27. The second kappa shape index (κ2) is 12.6. The number of hydrogen-bond donors (Lipinski definition) is 1. The monoisotopic (exact) mass is 512 g/mol. The van der Waals surface area contributed by atoms with Gasteiger partial charge in [0.15, 0.2) is 6.61 Å². The summed E-state index contributed by atoms with van der Waals surface area (Å²) in [6.07, 6.45) is 0.337. The molecular formula is C28H30Cl2N2O3. The molecular weight excluding hydrogens is 483 g/mol. The Labute approximate surface area is 217 Å². The van der Waals surface area contributed by atoms with E-state index in [1.807, 2.05) is 69.3 Å². The Morgan fingerprint density at radius 1 is 0.943 bits per heavy atom. The first-order valence-electron chi connectivity index (χ1n) is 11.5. The van der Waals surface area contributed by atoms with E-state index in [1.165, 1.54) is 4.90 Å². The maximum absolute atomic E-state index is 13.6. The van der Waals surface area contributed by atoms with E-state index in [4.69, 9.17) is 27.9 Å². The van der Waals surface area contributed by atoms with Gasteiger partial charge in [-0.25, -0.2) is 0 Å². The number of nitrogens with zero attached hydrogens (tertiary/aromatic N) is 1. The molecule has 0 aromatic heterocycles. The van der Waals surface area contributed by atoms with Crippen LogP contribution in [0, 0.1) is 13.8 Å². The van der Waals surface area contributed by atoms with E-state index in [9.17, 15) is 9.59 Å². The average Bonchev–Trinajstić information content (AvgIpc) is 2.84. The number of aryl methyl sites for hydroxylation is 2. The SMILES string of the molecule is CCNC(=O)C(Cc1ccccc1)N(Cc1c(Cl)cccc1Cl)C(=O)COc1ccc(C)c(C)c1. The summed E-state index contributed by atoms with van der Waals surface area (Å²) in [6, 6.07) is 19.7. The number of ether oxygens (including phenoxy) is 1. The van der Waals surface area contributed by atoms with Crippen molar-refractivity contribution in [3.8, 4) is 5.75 Å². The van der Waals surface area contributed by atoms with Gasteiger partial charge in [-0.1, -0.05) is 65.7 Å². The number of rotatable bonds is 10. The summed E-state index contributed by atoms with van der Waals surface area (Å²) >= 11 is 12.9. The first-order valence-corrected chi connectivity index (χ1v) is 12.3. The van der Waals surface area contributed by atoms with Gasteiger partial charge in [-0.15, -0.1) is 0 Å². The van der Waals surface area contributed by atoms with Gasteiger partial charge in [-0.3, -0.25) is 9.59 Å². The van der Waals surface area contributed by atoms with Crippen LogP contribution in [0.25, 0.3) is 0 Å². The summed E-state index contributed by atoms with van der Waals surface area (Å²) in [7, 11) is 0. The summed E-state index contributed by atoms with van der Waals surface area (Å²) < 4.78 is 5.83. The standard InChI is InChI=1S/C28H30Cl2N2O3/c1-4-31-28(34)26(16-21-9-6-5-7-10-21)32(17-23-24(29)11-8-12-25(23)30)27(33)18-35-22-14-13-19(2)20(3)15-22/h5-15,26H,4,16-18H2,1-3H3,(H,31,34). The predicted octanol–water partition coefficient (Wildman–Crippen LogP) is 5.77. The predicted molar refractivity (Wildman–Crippen MR) is 141 cm³/mol. The topological polar surface area (TPSA) is 58.6 Å². The van der Waals surface area contributed by atoms with Crippen LogP contribution in [0.1, 0.15) is 29.2 Å². The minimum absolute atomic E-state index is 0.0717. The first kappa shape index (κ1) is 26.6. The van der Waals surface area contributed by atoms with Crippen molar-refractivity contribution in [3.05, 3.63) is 99.0 Å². The summed E-state index contributed by atoms with van der Waals surface area (Å²) in [6.45, 7) is 6.13. The van der Waals surface area contributed by atoms with Gasteiger partial charge in [-0.2, -0.15) is 0 Å². The lowest BCUT2D eigenvalue weighted by Crippen LogP contribution is -2.51. The molecule has 3 aromatic rings. The Bertz CT molecular complexity index is 1150. The Kier molecular flexibility index (Phi) is 9.58. The second-order valence-electron chi connectivity index (χ2n) is 8.36. The molecule has 1 unspecified atom stereocenters. The van der Waals surface area contributed by atoms with Crippen molar-refractivity contribution in [2.75, 3.05) is 13.2 Å². The Morgan fingerprint density at radius 3 is 2.26 bits per heavy atom. The number of amides is 2. The molecule has 2 amide bonds. The van der Waals surface area contributed by atoms with Gasteiger partial charge >= 0.3 is 0 Å². The van der Waals surface area contributed by atoms with Gasteiger partial charge in [0.1, 0.15) is 11.8 Å². The zero-order valence-corrected chi connectivity index (χ0v) is 21.7. The van der Waals surface area contributed by atoms with Gasteiger partial charge < -0.3 is 15.0 Å². The Hall–Kier alpha value is -3.02. The van der Waals surface area contributed by atoms with Gasteiger partial charge in [0.05, 0.1) is 0 Å². The molecule has 0 radical (unpaired) electrons. The number of nitrogens with one attached hydrogen (secondary N) is 1. The van der Waals surface area contributed by atoms with E-state index >= 15 is 0 Å². The highest BCUT2D eigenvalue weighted by atomic mass is 35.5. The van der Waals surface area contributed by atoms with Crippen molar-refractivity contribution in [1.29, 1.82) is 0 Å². The van der Waals surface area contributed by atoms with Crippen molar-refractivity contribution in [3.63, 3.8) is 0 Å². The Balaban J connectivity index is 1.94. The number of likely N-dealkylation sites (N-methyl/N-ethyl adjacent to an activating group) is 1. The fourth-order valence-corrected chi connectivity index (χ4v) is 4.25. The second-order valence-corrected chi connectivity index (χ2v) is 9.17. The molecule has 0 heterocycles. The van der Waals surface area contributed by atoms with Crippen LogP contribution in [0.4, 0.5) is 0 Å². The van der Waals surface area contributed by atoms with Gasteiger partial charge in [0.2, 0.25) is 5.91 Å². The number of carbonyl (C=O) groups is 2. The van der Waals surface area contributed by atoms with Crippen LogP contribution in [0.15, 0.2) is 66.7 Å². The van der Waals surface area contributed by atoms with E-state index in [1.54, 1.807) is 18.2 Å². The molecule has 35 heavy (non-hydrogen) atoms. The fourth-order valence-electron chi connectivity index (χ4n) is 3.73. The highest BCUT2D eigenvalue weighted by Gasteiger charge is 2.31. The van der Waals surface area contributed by atoms with Crippen molar-refractivity contribution in [2.24, 2.45) is 0 Å². The maximum Gasteiger partial charge on any atom is 0.261 e. The molecule has 0 saturated carbocycles. The van der Waals surface area contributed by atoms with Crippen LogP contribution in [0.5, 0.6) is 5.75 Å². The molecule has 0 spiro atoms. The molecule has 0 aliphatic heterocycles. The summed E-state index contributed by atoms with van der Waals surface area (Å²) in [5.74, 6) is 0.000234. The molecule has 0 fully saturated rings.